The largest absolute Gasteiger partial charge is 0.456 e. The first-order chi connectivity index (χ1) is 12.6. The highest BCUT2D eigenvalue weighted by molar-refractivity contribution is 9.10. The number of para-hydroxylation sites is 1. The van der Waals surface area contributed by atoms with Crippen molar-refractivity contribution in [3.8, 4) is 11.5 Å². The van der Waals surface area contributed by atoms with Crippen molar-refractivity contribution < 1.29 is 9.53 Å². The molecule has 1 aliphatic heterocycles. The lowest BCUT2D eigenvalue weighted by molar-refractivity contribution is 0.0864. The van der Waals surface area contributed by atoms with Gasteiger partial charge in [-0.3, -0.25) is 4.79 Å². The Kier molecular flexibility index (Phi) is 5.78. The highest BCUT2D eigenvalue weighted by Gasteiger charge is 2.38. The van der Waals surface area contributed by atoms with Crippen LogP contribution in [0.4, 0.5) is 0 Å². The van der Waals surface area contributed by atoms with E-state index >= 15 is 0 Å². The number of nitrogens with one attached hydrogen (secondary N) is 1. The van der Waals surface area contributed by atoms with Crippen molar-refractivity contribution >= 4 is 21.7 Å². The molecular weight excluding hydrogens is 402 g/mol. The molecule has 3 rings (SSSR count). The van der Waals surface area contributed by atoms with Crippen molar-refractivity contribution in [1.29, 1.82) is 0 Å². The second kappa shape index (κ2) is 7.76. The number of benzene rings is 2. The van der Waals surface area contributed by atoms with Crippen molar-refractivity contribution in [3.63, 3.8) is 0 Å². The van der Waals surface area contributed by atoms with Gasteiger partial charge in [-0.25, -0.2) is 0 Å². The Morgan fingerprint density at radius 1 is 1.07 bits per heavy atom. The zero-order valence-corrected chi connectivity index (χ0v) is 18.1. The molecule has 0 atom stereocenters. The molecule has 27 heavy (non-hydrogen) atoms. The first kappa shape index (κ1) is 20.1. The van der Waals surface area contributed by atoms with Gasteiger partial charge in [0.05, 0.1) is 4.47 Å². The molecule has 0 spiro atoms. The van der Waals surface area contributed by atoms with Crippen LogP contribution in [0.25, 0.3) is 0 Å². The Balaban J connectivity index is 1.69. The van der Waals surface area contributed by atoms with Crippen LogP contribution in [0.3, 0.4) is 0 Å². The highest BCUT2D eigenvalue weighted by Crippen LogP contribution is 2.36. The predicted molar refractivity (Wildman–Crippen MR) is 114 cm³/mol. The average Bonchev–Trinajstić information content (AvgIpc) is 2.54. The molecule has 1 aliphatic rings. The first-order valence-electron chi connectivity index (χ1n) is 9.49. The standard InChI is InChI=1S/C23H28BrNO2/c1-22(2)14-16(15-23(3,4)25-22)12-20(26)17-10-11-21(19(24)13-17)27-18-8-6-5-7-9-18/h5-11,13,16,25H,12,14-15H2,1-4H3. The van der Waals surface area contributed by atoms with E-state index in [0.717, 1.165) is 28.6 Å². The number of hydrogen-bond acceptors (Lipinski definition) is 3. The number of carbonyl (C=O) groups excluding carboxylic acids is 1. The minimum absolute atomic E-state index is 0.0562. The van der Waals surface area contributed by atoms with Gasteiger partial charge in [-0.2, -0.15) is 0 Å². The molecular formula is C23H28BrNO2. The first-order valence-corrected chi connectivity index (χ1v) is 10.3. The fraction of sp³-hybridized carbons (Fsp3) is 0.435. The Labute approximate surface area is 170 Å². The minimum Gasteiger partial charge on any atom is -0.456 e. The van der Waals surface area contributed by atoms with Crippen LogP contribution in [-0.4, -0.2) is 16.9 Å². The van der Waals surface area contributed by atoms with Crippen LogP contribution >= 0.6 is 15.9 Å². The molecule has 0 aromatic heterocycles. The normalized spacial score (nSPS) is 18.9. The molecule has 144 valence electrons. The summed E-state index contributed by atoms with van der Waals surface area (Å²) >= 11 is 3.55. The number of ether oxygens (including phenoxy) is 1. The summed E-state index contributed by atoms with van der Waals surface area (Å²) in [6.45, 7) is 8.88. The lowest BCUT2D eigenvalue weighted by atomic mass is 9.74. The molecule has 0 aliphatic carbocycles. The molecule has 0 bridgehead atoms. The predicted octanol–water partition coefficient (Wildman–Crippen LogP) is 6.37. The maximum atomic E-state index is 12.9. The van der Waals surface area contributed by atoms with Gasteiger partial charge in [0.2, 0.25) is 0 Å². The molecule has 0 radical (unpaired) electrons. The van der Waals surface area contributed by atoms with Gasteiger partial charge in [-0.15, -0.1) is 0 Å². The summed E-state index contributed by atoms with van der Waals surface area (Å²) < 4.78 is 6.68. The number of Topliss-reactive ketones (excluding diaryl/α,β-unsaturated/α-hetero) is 1. The van der Waals surface area contributed by atoms with Crippen molar-refractivity contribution in [2.24, 2.45) is 5.92 Å². The van der Waals surface area contributed by atoms with Crippen molar-refractivity contribution in [1.82, 2.24) is 5.32 Å². The molecule has 0 amide bonds. The van der Waals surface area contributed by atoms with Crippen LogP contribution in [0, 0.1) is 5.92 Å². The van der Waals surface area contributed by atoms with Gasteiger partial charge in [0.1, 0.15) is 11.5 Å². The monoisotopic (exact) mass is 429 g/mol. The Morgan fingerprint density at radius 3 is 2.30 bits per heavy atom. The molecule has 4 heteroatoms. The third-order valence-corrected chi connectivity index (χ3v) is 5.59. The molecule has 3 nitrogen and oxygen atoms in total. The van der Waals surface area contributed by atoms with Gasteiger partial charge in [0, 0.05) is 23.1 Å². The molecule has 2 aromatic rings. The van der Waals surface area contributed by atoms with E-state index in [0.29, 0.717) is 18.1 Å². The maximum absolute atomic E-state index is 12.9. The van der Waals surface area contributed by atoms with E-state index in [-0.39, 0.29) is 16.9 Å². The van der Waals surface area contributed by atoms with E-state index in [1.807, 2.05) is 48.5 Å². The summed E-state index contributed by atoms with van der Waals surface area (Å²) in [6, 6.07) is 15.2. The fourth-order valence-corrected chi connectivity index (χ4v) is 4.89. The van der Waals surface area contributed by atoms with Crippen LogP contribution in [0.1, 0.15) is 57.3 Å². The number of ketones is 1. The Hall–Kier alpha value is -1.65. The topological polar surface area (TPSA) is 38.3 Å². The second-order valence-electron chi connectivity index (χ2n) is 8.85. The Morgan fingerprint density at radius 2 is 1.70 bits per heavy atom. The zero-order valence-electron chi connectivity index (χ0n) is 16.5. The van der Waals surface area contributed by atoms with E-state index in [2.05, 4.69) is 48.9 Å². The van der Waals surface area contributed by atoms with Crippen molar-refractivity contribution in [2.75, 3.05) is 0 Å². The summed E-state index contributed by atoms with van der Waals surface area (Å²) in [5.74, 6) is 2.07. The van der Waals surface area contributed by atoms with Crippen LogP contribution in [0.5, 0.6) is 11.5 Å². The number of rotatable bonds is 5. The summed E-state index contributed by atoms with van der Waals surface area (Å²) in [5.41, 5.74) is 0.845. The van der Waals surface area contributed by atoms with E-state index in [4.69, 9.17) is 4.74 Å². The number of carbonyl (C=O) groups is 1. The average molecular weight is 430 g/mol. The lowest BCUT2D eigenvalue weighted by Crippen LogP contribution is -2.57. The van der Waals surface area contributed by atoms with Crippen molar-refractivity contribution in [2.45, 2.75) is 58.0 Å². The molecule has 1 saturated heterocycles. The number of piperidine rings is 1. The minimum atomic E-state index is 0.0562. The molecule has 1 N–H and O–H groups in total. The molecule has 0 saturated carbocycles. The third-order valence-electron chi connectivity index (χ3n) is 4.97. The van der Waals surface area contributed by atoms with Crippen LogP contribution in [0.15, 0.2) is 53.0 Å². The highest BCUT2D eigenvalue weighted by atomic mass is 79.9. The van der Waals surface area contributed by atoms with Crippen molar-refractivity contribution in [3.05, 3.63) is 58.6 Å². The van der Waals surface area contributed by atoms with Gasteiger partial charge in [-0.1, -0.05) is 18.2 Å². The Bertz CT molecular complexity index is 798. The summed E-state index contributed by atoms with van der Waals surface area (Å²) in [7, 11) is 0. The van der Waals surface area contributed by atoms with E-state index in [9.17, 15) is 4.79 Å². The van der Waals surface area contributed by atoms with Gasteiger partial charge in [-0.05, 0) is 92.7 Å². The van der Waals surface area contributed by atoms with E-state index in [1.54, 1.807) is 0 Å². The zero-order chi connectivity index (χ0) is 19.7. The van der Waals surface area contributed by atoms with Gasteiger partial charge in [0.25, 0.3) is 0 Å². The summed E-state index contributed by atoms with van der Waals surface area (Å²) in [6.07, 6.45) is 2.61. The van der Waals surface area contributed by atoms with Gasteiger partial charge < -0.3 is 10.1 Å². The van der Waals surface area contributed by atoms with Crippen LogP contribution < -0.4 is 10.1 Å². The third kappa shape index (κ3) is 5.43. The van der Waals surface area contributed by atoms with Gasteiger partial charge >= 0.3 is 0 Å². The van der Waals surface area contributed by atoms with Crippen LogP contribution in [0.2, 0.25) is 0 Å². The quantitative estimate of drug-likeness (QED) is 0.560. The molecule has 0 unspecified atom stereocenters. The second-order valence-corrected chi connectivity index (χ2v) is 9.71. The number of halogens is 1. The fourth-order valence-electron chi connectivity index (χ4n) is 4.43. The molecule has 1 fully saturated rings. The number of hydrogen-bond donors (Lipinski definition) is 1. The van der Waals surface area contributed by atoms with E-state index < -0.39 is 0 Å². The summed E-state index contributed by atoms with van der Waals surface area (Å²) in [4.78, 5) is 12.9. The lowest BCUT2D eigenvalue weighted by Gasteiger charge is -2.46. The van der Waals surface area contributed by atoms with E-state index in [1.165, 1.54) is 0 Å². The molecule has 2 aromatic carbocycles. The smallest absolute Gasteiger partial charge is 0.163 e. The summed E-state index contributed by atoms with van der Waals surface area (Å²) in [5, 5.41) is 3.68. The molecule has 1 heterocycles. The van der Waals surface area contributed by atoms with Crippen LogP contribution in [-0.2, 0) is 0 Å². The maximum Gasteiger partial charge on any atom is 0.163 e. The SMILES string of the molecule is CC1(C)CC(CC(=O)c2ccc(Oc3ccccc3)c(Br)c2)CC(C)(C)N1. The van der Waals surface area contributed by atoms with Gasteiger partial charge in [0.15, 0.2) is 5.78 Å².